The lowest BCUT2D eigenvalue weighted by molar-refractivity contribution is 0.512. The van der Waals surface area contributed by atoms with Crippen LogP contribution in [0.5, 0.6) is 0 Å². The van der Waals surface area contributed by atoms with Crippen LogP contribution < -0.4 is 10.6 Å². The average molecular weight is 268 g/mol. The molecule has 106 valence electrons. The summed E-state index contributed by atoms with van der Waals surface area (Å²) in [6.45, 7) is 6.34. The average Bonchev–Trinajstić information content (AvgIpc) is 2.53. The fourth-order valence-electron chi connectivity index (χ4n) is 2.30. The zero-order chi connectivity index (χ0) is 14.2. The van der Waals surface area contributed by atoms with Crippen LogP contribution in [0, 0.1) is 0 Å². The third kappa shape index (κ3) is 4.48. The molecule has 0 amide bonds. The van der Waals surface area contributed by atoms with Gasteiger partial charge in [-0.2, -0.15) is 0 Å². The third-order valence-corrected chi connectivity index (χ3v) is 3.63. The molecule has 2 aromatic rings. The third-order valence-electron chi connectivity index (χ3n) is 3.63. The van der Waals surface area contributed by atoms with Gasteiger partial charge in [0.2, 0.25) is 0 Å². The summed E-state index contributed by atoms with van der Waals surface area (Å²) in [6.07, 6.45) is 0. The molecule has 2 heteroatoms. The smallest absolute Gasteiger partial charge is 0.0292 e. The lowest BCUT2D eigenvalue weighted by Gasteiger charge is -2.17. The lowest BCUT2D eigenvalue weighted by atomic mass is 10.1. The molecule has 0 spiro atoms. The first kappa shape index (κ1) is 14.8. The topological polar surface area (TPSA) is 24.1 Å². The highest BCUT2D eigenvalue weighted by Crippen LogP contribution is 2.11. The normalized spacial score (nSPS) is 13.9. The first-order chi connectivity index (χ1) is 9.77. The molecule has 0 unspecified atom stereocenters. The van der Waals surface area contributed by atoms with Gasteiger partial charge in [0, 0.05) is 25.2 Å². The van der Waals surface area contributed by atoms with E-state index in [-0.39, 0.29) is 0 Å². The van der Waals surface area contributed by atoms with Crippen molar-refractivity contribution in [3.05, 3.63) is 71.8 Å². The molecule has 0 aliphatic carbocycles. The molecule has 2 aromatic carbocycles. The number of benzene rings is 2. The SMILES string of the molecule is C[C@@H](NCCN[C@H](C)c1ccccc1)c1ccccc1. The molecule has 0 fully saturated rings. The molecular weight excluding hydrogens is 244 g/mol. The van der Waals surface area contributed by atoms with Gasteiger partial charge in [0.25, 0.3) is 0 Å². The minimum atomic E-state index is 0.394. The molecule has 0 saturated carbocycles. The Hall–Kier alpha value is -1.64. The van der Waals surface area contributed by atoms with Crippen molar-refractivity contribution in [3.63, 3.8) is 0 Å². The highest BCUT2D eigenvalue weighted by atomic mass is 15.0. The van der Waals surface area contributed by atoms with Gasteiger partial charge in [-0.3, -0.25) is 0 Å². The maximum atomic E-state index is 3.54. The summed E-state index contributed by atoms with van der Waals surface area (Å²) in [4.78, 5) is 0. The van der Waals surface area contributed by atoms with Gasteiger partial charge >= 0.3 is 0 Å². The second kappa shape index (κ2) is 7.83. The van der Waals surface area contributed by atoms with Crippen LogP contribution in [0.3, 0.4) is 0 Å². The molecule has 0 saturated heterocycles. The predicted molar refractivity (Wildman–Crippen MR) is 85.7 cm³/mol. The van der Waals surface area contributed by atoms with E-state index in [4.69, 9.17) is 0 Å². The van der Waals surface area contributed by atoms with Crippen molar-refractivity contribution in [2.45, 2.75) is 25.9 Å². The van der Waals surface area contributed by atoms with E-state index < -0.39 is 0 Å². The largest absolute Gasteiger partial charge is 0.309 e. The summed E-state index contributed by atoms with van der Waals surface area (Å²) < 4.78 is 0. The Balaban J connectivity index is 1.69. The first-order valence-corrected chi connectivity index (χ1v) is 7.34. The zero-order valence-corrected chi connectivity index (χ0v) is 12.3. The number of rotatable bonds is 7. The van der Waals surface area contributed by atoms with Crippen LogP contribution in [0.2, 0.25) is 0 Å². The van der Waals surface area contributed by atoms with Crippen molar-refractivity contribution in [1.29, 1.82) is 0 Å². The van der Waals surface area contributed by atoms with E-state index in [1.165, 1.54) is 11.1 Å². The van der Waals surface area contributed by atoms with Gasteiger partial charge in [-0.05, 0) is 25.0 Å². The monoisotopic (exact) mass is 268 g/mol. The van der Waals surface area contributed by atoms with Crippen molar-refractivity contribution in [2.24, 2.45) is 0 Å². The van der Waals surface area contributed by atoms with E-state index in [1.807, 2.05) is 0 Å². The summed E-state index contributed by atoms with van der Waals surface area (Å²) in [5.41, 5.74) is 2.67. The highest BCUT2D eigenvalue weighted by Gasteiger charge is 2.05. The van der Waals surface area contributed by atoms with Crippen LogP contribution >= 0.6 is 0 Å². The standard InChI is InChI=1S/C18H24N2/c1-15(17-9-5-3-6-10-17)19-13-14-20-16(2)18-11-7-4-8-12-18/h3-12,15-16,19-20H,13-14H2,1-2H3/t15-,16-/m1/s1. The number of hydrogen-bond acceptors (Lipinski definition) is 2. The summed E-state index contributed by atoms with van der Waals surface area (Å²) in [6, 6.07) is 21.9. The fraction of sp³-hybridized carbons (Fsp3) is 0.333. The molecule has 2 rings (SSSR count). The molecule has 0 radical (unpaired) electrons. The quantitative estimate of drug-likeness (QED) is 0.748. The maximum Gasteiger partial charge on any atom is 0.0292 e. The van der Waals surface area contributed by atoms with Crippen molar-refractivity contribution in [3.8, 4) is 0 Å². The minimum Gasteiger partial charge on any atom is -0.309 e. The molecule has 2 atom stereocenters. The molecule has 2 N–H and O–H groups in total. The van der Waals surface area contributed by atoms with Gasteiger partial charge in [-0.15, -0.1) is 0 Å². The summed E-state index contributed by atoms with van der Waals surface area (Å²) in [7, 11) is 0. The van der Waals surface area contributed by atoms with E-state index in [1.54, 1.807) is 0 Å². The second-order valence-corrected chi connectivity index (χ2v) is 5.17. The van der Waals surface area contributed by atoms with Crippen LogP contribution in [0.15, 0.2) is 60.7 Å². The van der Waals surface area contributed by atoms with Crippen LogP contribution in [-0.4, -0.2) is 13.1 Å². The Kier molecular flexibility index (Phi) is 5.78. The van der Waals surface area contributed by atoms with Crippen LogP contribution in [-0.2, 0) is 0 Å². The Bertz CT molecular complexity index is 434. The van der Waals surface area contributed by atoms with E-state index in [0.717, 1.165) is 13.1 Å². The van der Waals surface area contributed by atoms with E-state index in [0.29, 0.717) is 12.1 Å². The van der Waals surface area contributed by atoms with Crippen molar-refractivity contribution >= 4 is 0 Å². The van der Waals surface area contributed by atoms with E-state index >= 15 is 0 Å². The zero-order valence-electron chi connectivity index (χ0n) is 12.3. The molecule has 0 aromatic heterocycles. The number of nitrogens with one attached hydrogen (secondary N) is 2. The Morgan fingerprint density at radius 1 is 0.650 bits per heavy atom. The molecule has 0 aliphatic heterocycles. The van der Waals surface area contributed by atoms with Gasteiger partial charge in [0.15, 0.2) is 0 Å². The second-order valence-electron chi connectivity index (χ2n) is 5.17. The van der Waals surface area contributed by atoms with Crippen molar-refractivity contribution in [2.75, 3.05) is 13.1 Å². The molecule has 0 bridgehead atoms. The van der Waals surface area contributed by atoms with Gasteiger partial charge in [-0.1, -0.05) is 60.7 Å². The highest BCUT2D eigenvalue weighted by molar-refractivity contribution is 5.19. The Labute approximate surface area is 122 Å². The van der Waals surface area contributed by atoms with Gasteiger partial charge in [0.05, 0.1) is 0 Å². The van der Waals surface area contributed by atoms with Crippen molar-refractivity contribution < 1.29 is 0 Å². The van der Waals surface area contributed by atoms with Gasteiger partial charge in [-0.25, -0.2) is 0 Å². The summed E-state index contributed by atoms with van der Waals surface area (Å²) in [5.74, 6) is 0. The summed E-state index contributed by atoms with van der Waals surface area (Å²) in [5, 5.41) is 7.09. The summed E-state index contributed by atoms with van der Waals surface area (Å²) >= 11 is 0. The van der Waals surface area contributed by atoms with Gasteiger partial charge < -0.3 is 10.6 Å². The molecule has 20 heavy (non-hydrogen) atoms. The molecule has 0 heterocycles. The Morgan fingerprint density at radius 2 is 1.00 bits per heavy atom. The molecule has 0 aliphatic rings. The predicted octanol–water partition coefficient (Wildman–Crippen LogP) is 3.69. The van der Waals surface area contributed by atoms with Crippen LogP contribution in [0.25, 0.3) is 0 Å². The van der Waals surface area contributed by atoms with E-state index in [2.05, 4.69) is 85.1 Å². The van der Waals surface area contributed by atoms with Gasteiger partial charge in [0.1, 0.15) is 0 Å². The number of hydrogen-bond donors (Lipinski definition) is 2. The maximum absolute atomic E-state index is 3.54. The van der Waals surface area contributed by atoms with Crippen LogP contribution in [0.4, 0.5) is 0 Å². The van der Waals surface area contributed by atoms with Crippen molar-refractivity contribution in [1.82, 2.24) is 10.6 Å². The Morgan fingerprint density at radius 3 is 1.35 bits per heavy atom. The fourth-order valence-corrected chi connectivity index (χ4v) is 2.30. The minimum absolute atomic E-state index is 0.394. The molecular formula is C18H24N2. The lowest BCUT2D eigenvalue weighted by Crippen LogP contribution is -2.30. The first-order valence-electron chi connectivity index (χ1n) is 7.34. The van der Waals surface area contributed by atoms with Crippen LogP contribution in [0.1, 0.15) is 37.1 Å². The molecule has 2 nitrogen and oxygen atoms in total. The van der Waals surface area contributed by atoms with E-state index in [9.17, 15) is 0 Å².